The predicted molar refractivity (Wildman–Crippen MR) is 125 cm³/mol. The summed E-state index contributed by atoms with van der Waals surface area (Å²) >= 11 is 8.77. The minimum absolute atomic E-state index is 0.221. The number of halogens is 2. The molecule has 0 spiro atoms. The van der Waals surface area contributed by atoms with E-state index in [2.05, 4.69) is 27.9 Å². The third kappa shape index (κ3) is 5.08. The molecule has 0 aliphatic carbocycles. The van der Waals surface area contributed by atoms with E-state index in [1.807, 2.05) is 6.07 Å². The van der Waals surface area contributed by atoms with Gasteiger partial charge in [-0.3, -0.25) is 19.3 Å². The maximum Gasteiger partial charge on any atom is 0.294 e. The van der Waals surface area contributed by atoms with Gasteiger partial charge in [-0.25, -0.2) is 0 Å². The molecule has 1 fully saturated rings. The Morgan fingerprint density at radius 1 is 1.23 bits per heavy atom. The molecule has 3 amide bonds. The van der Waals surface area contributed by atoms with Crippen molar-refractivity contribution in [3.05, 3.63) is 55.5 Å². The summed E-state index contributed by atoms with van der Waals surface area (Å²) < 4.78 is 11.4. The fourth-order valence-corrected chi connectivity index (χ4v) is 4.59. The van der Waals surface area contributed by atoms with Gasteiger partial charge in [0.2, 0.25) is 5.91 Å². The SMILES string of the molecule is COc1cc(/C=C2/SC(=O)N(CC(=O)Nc3cccc(Cl)c3)C2=O)cc(I)c1OC. The number of nitrogens with one attached hydrogen (secondary N) is 1. The van der Waals surface area contributed by atoms with Crippen molar-refractivity contribution in [3.8, 4) is 11.5 Å². The van der Waals surface area contributed by atoms with E-state index in [4.69, 9.17) is 21.1 Å². The van der Waals surface area contributed by atoms with Gasteiger partial charge in [0, 0.05) is 10.7 Å². The summed E-state index contributed by atoms with van der Waals surface area (Å²) in [6, 6.07) is 10.1. The molecule has 7 nitrogen and oxygen atoms in total. The number of carbonyl (C=O) groups excluding carboxylic acids is 3. The number of hydrogen-bond acceptors (Lipinski definition) is 6. The molecule has 1 aliphatic heterocycles. The Labute approximate surface area is 195 Å². The van der Waals surface area contributed by atoms with E-state index in [0.717, 1.165) is 20.2 Å². The smallest absolute Gasteiger partial charge is 0.294 e. The molecule has 0 saturated carbocycles. The summed E-state index contributed by atoms with van der Waals surface area (Å²) in [5.74, 6) is 0.0642. The van der Waals surface area contributed by atoms with E-state index in [9.17, 15) is 14.4 Å². The van der Waals surface area contributed by atoms with Crippen LogP contribution in [0.1, 0.15) is 5.56 Å². The van der Waals surface area contributed by atoms with Crippen LogP contribution in [0.15, 0.2) is 41.3 Å². The van der Waals surface area contributed by atoms with Gasteiger partial charge >= 0.3 is 0 Å². The van der Waals surface area contributed by atoms with E-state index in [0.29, 0.717) is 27.8 Å². The topological polar surface area (TPSA) is 84.9 Å². The van der Waals surface area contributed by atoms with Crippen LogP contribution in [0.4, 0.5) is 10.5 Å². The molecule has 2 aromatic carbocycles. The predicted octanol–water partition coefficient (Wildman–Crippen LogP) is 4.64. The second kappa shape index (κ2) is 9.71. The average Bonchev–Trinajstić information content (AvgIpc) is 2.94. The Morgan fingerprint density at radius 2 is 2.00 bits per heavy atom. The lowest BCUT2D eigenvalue weighted by atomic mass is 10.2. The van der Waals surface area contributed by atoms with Crippen LogP contribution in [-0.4, -0.2) is 42.7 Å². The molecule has 1 aliphatic rings. The largest absolute Gasteiger partial charge is 0.493 e. The van der Waals surface area contributed by atoms with Gasteiger partial charge in [-0.15, -0.1) is 0 Å². The zero-order chi connectivity index (χ0) is 21.8. The maximum atomic E-state index is 12.7. The second-order valence-corrected chi connectivity index (χ2v) is 8.66. The van der Waals surface area contributed by atoms with E-state index >= 15 is 0 Å². The first kappa shape index (κ1) is 22.4. The first-order valence-corrected chi connectivity index (χ1v) is 10.8. The standard InChI is InChI=1S/C20H16ClIN2O5S/c1-28-15-7-11(6-14(22)18(15)29-2)8-16-19(26)24(20(27)30-16)10-17(25)23-13-5-3-4-12(21)9-13/h3-9H,10H2,1-2H3,(H,23,25)/b16-8+. The number of rotatable bonds is 6. The van der Waals surface area contributed by atoms with Crippen LogP contribution >= 0.6 is 46.0 Å². The number of hydrogen-bond donors (Lipinski definition) is 1. The van der Waals surface area contributed by atoms with Crippen molar-refractivity contribution in [1.29, 1.82) is 0 Å². The summed E-state index contributed by atoms with van der Waals surface area (Å²) in [4.78, 5) is 38.4. The normalized spacial score (nSPS) is 14.9. The first-order valence-electron chi connectivity index (χ1n) is 8.54. The van der Waals surface area contributed by atoms with Crippen molar-refractivity contribution in [1.82, 2.24) is 4.90 Å². The third-order valence-corrected chi connectivity index (χ3v) is 5.98. The van der Waals surface area contributed by atoms with E-state index < -0.39 is 23.6 Å². The molecule has 3 rings (SSSR count). The highest BCUT2D eigenvalue weighted by atomic mass is 127. The monoisotopic (exact) mass is 558 g/mol. The Morgan fingerprint density at radius 3 is 2.67 bits per heavy atom. The molecule has 0 bridgehead atoms. The molecule has 2 aromatic rings. The summed E-state index contributed by atoms with van der Waals surface area (Å²) in [6.45, 7) is -0.391. The quantitative estimate of drug-likeness (QED) is 0.411. The van der Waals surface area contributed by atoms with Gasteiger partial charge in [-0.05, 0) is 76.3 Å². The van der Waals surface area contributed by atoms with Gasteiger partial charge in [-0.1, -0.05) is 17.7 Å². The van der Waals surface area contributed by atoms with Crippen molar-refractivity contribution >= 4 is 74.8 Å². The molecule has 30 heavy (non-hydrogen) atoms. The zero-order valence-electron chi connectivity index (χ0n) is 15.9. The molecule has 0 aromatic heterocycles. The van der Waals surface area contributed by atoms with Gasteiger partial charge in [0.05, 0.1) is 22.7 Å². The van der Waals surface area contributed by atoms with E-state index in [-0.39, 0.29) is 4.91 Å². The Bertz CT molecular complexity index is 1060. The molecule has 0 radical (unpaired) electrons. The number of ether oxygens (including phenoxy) is 2. The highest BCUT2D eigenvalue weighted by Gasteiger charge is 2.36. The van der Waals surface area contributed by atoms with Crippen LogP contribution in [0, 0.1) is 3.57 Å². The number of carbonyl (C=O) groups is 3. The van der Waals surface area contributed by atoms with Gasteiger partial charge in [0.1, 0.15) is 6.54 Å². The van der Waals surface area contributed by atoms with Gasteiger partial charge < -0.3 is 14.8 Å². The molecule has 10 heteroatoms. The van der Waals surface area contributed by atoms with Gasteiger partial charge in [0.15, 0.2) is 11.5 Å². The number of nitrogens with zero attached hydrogens (tertiary/aromatic N) is 1. The van der Waals surface area contributed by atoms with E-state index in [1.54, 1.807) is 43.5 Å². The fourth-order valence-electron chi connectivity index (χ4n) is 2.72. The molecular weight excluding hydrogens is 543 g/mol. The van der Waals surface area contributed by atoms with Gasteiger partial charge in [-0.2, -0.15) is 0 Å². The van der Waals surface area contributed by atoms with Crippen LogP contribution in [0.5, 0.6) is 11.5 Å². The molecule has 1 heterocycles. The molecule has 1 saturated heterocycles. The van der Waals surface area contributed by atoms with Crippen LogP contribution in [0.25, 0.3) is 6.08 Å². The van der Waals surface area contributed by atoms with Crippen molar-refractivity contribution in [2.75, 3.05) is 26.1 Å². The minimum Gasteiger partial charge on any atom is -0.493 e. The van der Waals surface area contributed by atoms with Crippen LogP contribution < -0.4 is 14.8 Å². The lowest BCUT2D eigenvalue weighted by molar-refractivity contribution is -0.127. The van der Waals surface area contributed by atoms with Crippen LogP contribution in [0.2, 0.25) is 5.02 Å². The fraction of sp³-hybridized carbons (Fsp3) is 0.150. The Balaban J connectivity index is 1.76. The molecular formula is C20H16ClIN2O5S. The van der Waals surface area contributed by atoms with E-state index in [1.165, 1.54) is 7.11 Å². The highest BCUT2D eigenvalue weighted by Crippen LogP contribution is 2.37. The highest BCUT2D eigenvalue weighted by molar-refractivity contribution is 14.1. The minimum atomic E-state index is -0.531. The Kier molecular flexibility index (Phi) is 7.27. The lowest BCUT2D eigenvalue weighted by Crippen LogP contribution is -2.36. The number of amides is 3. The number of thioether (sulfide) groups is 1. The second-order valence-electron chi connectivity index (χ2n) is 6.06. The van der Waals surface area contributed by atoms with Gasteiger partial charge in [0.25, 0.3) is 11.1 Å². The first-order chi connectivity index (χ1) is 14.3. The summed E-state index contributed by atoms with van der Waals surface area (Å²) in [5, 5.41) is 2.57. The Hall–Kier alpha value is -2.24. The third-order valence-electron chi connectivity index (χ3n) is 4.04. The van der Waals surface area contributed by atoms with Crippen LogP contribution in [-0.2, 0) is 9.59 Å². The lowest BCUT2D eigenvalue weighted by Gasteiger charge is -2.12. The number of methoxy groups -OCH3 is 2. The van der Waals surface area contributed by atoms with Crippen molar-refractivity contribution in [2.24, 2.45) is 0 Å². The molecule has 0 unspecified atom stereocenters. The van der Waals surface area contributed by atoms with Crippen molar-refractivity contribution in [3.63, 3.8) is 0 Å². The zero-order valence-corrected chi connectivity index (χ0v) is 19.6. The molecule has 0 atom stereocenters. The average molecular weight is 559 g/mol. The van der Waals surface area contributed by atoms with Crippen LogP contribution in [0.3, 0.4) is 0 Å². The van der Waals surface area contributed by atoms with Crippen molar-refractivity contribution < 1.29 is 23.9 Å². The maximum absolute atomic E-state index is 12.7. The van der Waals surface area contributed by atoms with Crippen molar-refractivity contribution in [2.45, 2.75) is 0 Å². The summed E-state index contributed by atoms with van der Waals surface area (Å²) in [7, 11) is 3.06. The molecule has 156 valence electrons. The summed E-state index contributed by atoms with van der Waals surface area (Å²) in [6.07, 6.45) is 1.59. The number of imide groups is 1. The number of benzene rings is 2. The molecule has 1 N–H and O–H groups in total. The summed E-state index contributed by atoms with van der Waals surface area (Å²) in [5.41, 5.74) is 1.15. The number of anilines is 1.